The number of ether oxygens (including phenoxy) is 1. The van der Waals surface area contributed by atoms with E-state index >= 15 is 0 Å². The number of hydrogen-bond donors (Lipinski definition) is 2. The molecule has 1 amide bonds. The van der Waals surface area contributed by atoms with Gasteiger partial charge >= 0.3 is 0 Å². The van der Waals surface area contributed by atoms with Crippen LogP contribution in [-0.2, 0) is 11.2 Å². The molecule has 2 aromatic carbocycles. The summed E-state index contributed by atoms with van der Waals surface area (Å²) in [7, 11) is 2.24. The Bertz CT molecular complexity index is 851. The molecule has 0 saturated carbocycles. The minimum absolute atomic E-state index is 0. The molecule has 162 valence electrons. The lowest BCUT2D eigenvalue weighted by Crippen LogP contribution is -3.00. The summed E-state index contributed by atoms with van der Waals surface area (Å²) < 4.78 is 6.85. The van der Waals surface area contributed by atoms with Crippen molar-refractivity contribution in [2.75, 3.05) is 38.6 Å². The van der Waals surface area contributed by atoms with Crippen LogP contribution in [0.4, 0.5) is 5.69 Å². The fourth-order valence-corrected chi connectivity index (χ4v) is 4.71. The summed E-state index contributed by atoms with van der Waals surface area (Å²) in [6.07, 6.45) is 2.96. The largest absolute Gasteiger partial charge is 1.00 e. The van der Waals surface area contributed by atoms with E-state index in [1.165, 1.54) is 5.56 Å². The Hall–Kier alpha value is -1.64. The molecule has 30 heavy (non-hydrogen) atoms. The quantitative estimate of drug-likeness (QED) is 0.425. The van der Waals surface area contributed by atoms with Gasteiger partial charge in [-0.25, -0.2) is 0 Å². The highest BCUT2D eigenvalue weighted by molar-refractivity contribution is 5.94. The van der Waals surface area contributed by atoms with Gasteiger partial charge in [0.05, 0.1) is 20.1 Å². The highest BCUT2D eigenvalue weighted by Gasteiger charge is 2.33. The van der Waals surface area contributed by atoms with Crippen molar-refractivity contribution in [1.29, 1.82) is 0 Å². The lowest BCUT2D eigenvalue weighted by molar-refractivity contribution is -0.917. The number of halogens is 1. The number of aliphatic hydroxyl groups excluding tert-OH is 1. The highest BCUT2D eigenvalue weighted by atomic mass is 127. The smallest absolute Gasteiger partial charge is 0.224 e. The van der Waals surface area contributed by atoms with E-state index in [0.717, 1.165) is 47.4 Å². The van der Waals surface area contributed by atoms with Crippen LogP contribution in [0.5, 0.6) is 5.75 Å². The predicted molar refractivity (Wildman–Crippen MR) is 114 cm³/mol. The van der Waals surface area contributed by atoms with Gasteiger partial charge in [-0.05, 0) is 30.0 Å². The Morgan fingerprint density at radius 1 is 1.10 bits per heavy atom. The first-order valence-corrected chi connectivity index (χ1v) is 10.6. The maximum absolute atomic E-state index is 11.6. The summed E-state index contributed by atoms with van der Waals surface area (Å²) in [4.78, 5) is 11.6. The average Bonchev–Trinajstić information content (AvgIpc) is 2.73. The molecule has 2 N–H and O–H groups in total. The third-order valence-corrected chi connectivity index (χ3v) is 6.40. The Balaban J connectivity index is 0.00000256. The molecular formula is C24H31IN2O3. The fraction of sp³-hybridized carbons (Fsp3) is 0.458. The van der Waals surface area contributed by atoms with Crippen molar-refractivity contribution >= 4 is 11.6 Å². The molecular weight excluding hydrogens is 491 g/mol. The van der Waals surface area contributed by atoms with Crippen molar-refractivity contribution in [2.45, 2.75) is 37.7 Å². The zero-order chi connectivity index (χ0) is 20.3. The van der Waals surface area contributed by atoms with Crippen molar-refractivity contribution < 1.29 is 43.1 Å². The number of rotatable bonds is 6. The number of likely N-dealkylation sites (N-methyl/N-ethyl adjacent to an activating group) is 1. The van der Waals surface area contributed by atoms with Crippen LogP contribution in [0.1, 0.15) is 36.3 Å². The minimum Gasteiger partial charge on any atom is -1.00 e. The average molecular weight is 522 g/mol. The van der Waals surface area contributed by atoms with E-state index in [1.54, 1.807) is 0 Å². The number of amides is 1. The molecule has 2 aromatic rings. The highest BCUT2D eigenvalue weighted by Crippen LogP contribution is 2.32. The van der Waals surface area contributed by atoms with E-state index in [2.05, 4.69) is 42.7 Å². The van der Waals surface area contributed by atoms with Crippen molar-refractivity contribution in [2.24, 2.45) is 0 Å². The van der Waals surface area contributed by atoms with Gasteiger partial charge in [-0.1, -0.05) is 36.4 Å². The number of anilines is 1. The van der Waals surface area contributed by atoms with Crippen LogP contribution in [-0.4, -0.2) is 54.9 Å². The number of hydrogen-bond acceptors (Lipinski definition) is 3. The molecule has 2 heterocycles. The van der Waals surface area contributed by atoms with Crippen LogP contribution in [0.15, 0.2) is 48.5 Å². The predicted octanol–water partition coefficient (Wildman–Crippen LogP) is 0.339. The standard InChI is InChI=1S/C24H30N2O3.HI/c1-26(14-12-19(13-15-26)18-6-3-2-4-7-18)16-20(27)17-29-23-9-5-8-22-21(23)10-11-24(28)25-22;/h2-9,19-20,27H,10-17H2,1H3;1H. The molecule has 2 aliphatic heterocycles. The Morgan fingerprint density at radius 3 is 2.57 bits per heavy atom. The van der Waals surface area contributed by atoms with Gasteiger partial charge in [0.25, 0.3) is 0 Å². The number of fused-ring (bicyclic) bond motifs is 1. The summed E-state index contributed by atoms with van der Waals surface area (Å²) in [6.45, 7) is 3.13. The number of aliphatic hydroxyl groups is 1. The summed E-state index contributed by atoms with van der Waals surface area (Å²) in [5.41, 5.74) is 3.29. The second-order valence-corrected chi connectivity index (χ2v) is 8.73. The molecule has 1 fully saturated rings. The van der Waals surface area contributed by atoms with Gasteiger partial charge < -0.3 is 43.6 Å². The van der Waals surface area contributed by atoms with Gasteiger partial charge in [0, 0.05) is 30.5 Å². The van der Waals surface area contributed by atoms with E-state index < -0.39 is 6.10 Å². The van der Waals surface area contributed by atoms with Gasteiger partial charge in [0.2, 0.25) is 5.91 Å². The van der Waals surface area contributed by atoms with Crippen molar-refractivity contribution in [3.05, 3.63) is 59.7 Å². The molecule has 1 saturated heterocycles. The number of carbonyl (C=O) groups is 1. The SMILES string of the molecule is C[N+]1(CC(O)COc2cccc3c2CCC(=O)N3)CCC(c2ccccc2)CC1.[I-]. The molecule has 2 aliphatic rings. The molecule has 5 nitrogen and oxygen atoms in total. The van der Waals surface area contributed by atoms with Gasteiger partial charge in [-0.2, -0.15) is 0 Å². The fourth-order valence-electron chi connectivity index (χ4n) is 4.71. The third kappa shape index (κ3) is 5.53. The van der Waals surface area contributed by atoms with E-state index in [4.69, 9.17) is 4.74 Å². The van der Waals surface area contributed by atoms with Gasteiger partial charge in [-0.15, -0.1) is 0 Å². The maximum Gasteiger partial charge on any atom is 0.224 e. The lowest BCUT2D eigenvalue weighted by atomic mass is 9.88. The summed E-state index contributed by atoms with van der Waals surface area (Å²) in [5, 5.41) is 13.5. The molecule has 1 unspecified atom stereocenters. The molecule has 6 heteroatoms. The number of carbonyl (C=O) groups excluding carboxylic acids is 1. The van der Waals surface area contributed by atoms with Gasteiger partial charge in [-0.3, -0.25) is 4.79 Å². The molecule has 1 atom stereocenters. The first kappa shape index (κ1) is 23.0. The second-order valence-electron chi connectivity index (χ2n) is 8.73. The maximum atomic E-state index is 11.6. The van der Waals surface area contributed by atoms with E-state index in [1.807, 2.05) is 18.2 Å². The molecule has 4 rings (SSSR count). The lowest BCUT2D eigenvalue weighted by Gasteiger charge is -2.41. The van der Waals surface area contributed by atoms with Crippen molar-refractivity contribution in [1.82, 2.24) is 0 Å². The third-order valence-electron chi connectivity index (χ3n) is 6.40. The first-order chi connectivity index (χ1) is 14.0. The Labute approximate surface area is 196 Å². The van der Waals surface area contributed by atoms with Crippen LogP contribution in [0.25, 0.3) is 0 Å². The Kier molecular flexibility index (Phi) is 7.76. The topological polar surface area (TPSA) is 58.6 Å². The van der Waals surface area contributed by atoms with Crippen molar-refractivity contribution in [3.63, 3.8) is 0 Å². The number of piperidine rings is 1. The molecule has 0 bridgehead atoms. The zero-order valence-corrected chi connectivity index (χ0v) is 19.7. The van der Waals surface area contributed by atoms with E-state index in [9.17, 15) is 9.90 Å². The van der Waals surface area contributed by atoms with E-state index in [0.29, 0.717) is 25.3 Å². The van der Waals surface area contributed by atoms with Crippen LogP contribution >= 0.6 is 0 Å². The van der Waals surface area contributed by atoms with Crippen LogP contribution in [0.3, 0.4) is 0 Å². The molecule has 0 spiro atoms. The number of benzene rings is 2. The zero-order valence-electron chi connectivity index (χ0n) is 17.5. The van der Waals surface area contributed by atoms with Crippen LogP contribution < -0.4 is 34.0 Å². The minimum atomic E-state index is -0.512. The number of quaternary nitrogens is 1. The van der Waals surface area contributed by atoms with Crippen LogP contribution in [0, 0.1) is 0 Å². The number of nitrogens with zero attached hydrogens (tertiary/aromatic N) is 1. The number of nitrogens with one attached hydrogen (secondary N) is 1. The molecule has 0 aromatic heterocycles. The second kappa shape index (κ2) is 10.1. The van der Waals surface area contributed by atoms with E-state index in [-0.39, 0.29) is 36.5 Å². The van der Waals surface area contributed by atoms with Gasteiger partial charge in [0.1, 0.15) is 25.0 Å². The van der Waals surface area contributed by atoms with Crippen LogP contribution in [0.2, 0.25) is 0 Å². The molecule has 0 radical (unpaired) electrons. The molecule has 0 aliphatic carbocycles. The number of likely N-dealkylation sites (tertiary alicyclic amines) is 1. The monoisotopic (exact) mass is 522 g/mol. The Morgan fingerprint density at radius 2 is 1.83 bits per heavy atom. The van der Waals surface area contributed by atoms with Gasteiger partial charge in [0.15, 0.2) is 0 Å². The first-order valence-electron chi connectivity index (χ1n) is 10.6. The van der Waals surface area contributed by atoms with Crippen molar-refractivity contribution in [3.8, 4) is 5.75 Å². The normalized spacial score (nSPS) is 24.2. The summed E-state index contributed by atoms with van der Waals surface area (Å²) in [6, 6.07) is 16.5. The summed E-state index contributed by atoms with van der Waals surface area (Å²) >= 11 is 0. The summed E-state index contributed by atoms with van der Waals surface area (Å²) in [5.74, 6) is 1.44.